The molecule has 2 N–H and O–H groups in total. The van der Waals surface area contributed by atoms with Crippen molar-refractivity contribution >= 4 is 15.7 Å². The smallest absolute Gasteiger partial charge is 0.238 e. The Morgan fingerprint density at radius 3 is 2.65 bits per heavy atom. The zero-order valence-electron chi connectivity index (χ0n) is 13.6. The predicted molar refractivity (Wildman–Crippen MR) is 91.8 cm³/mol. The second kappa shape index (κ2) is 7.93. The van der Waals surface area contributed by atoms with Crippen LogP contribution in [0.3, 0.4) is 0 Å². The number of rotatable bonds is 6. The van der Waals surface area contributed by atoms with Crippen LogP contribution in [0.1, 0.15) is 31.7 Å². The number of benzene rings is 1. The Kier molecular flexibility index (Phi) is 6.18. The van der Waals surface area contributed by atoms with Gasteiger partial charge in [0.05, 0.1) is 5.75 Å². The molecule has 0 aliphatic carbocycles. The fourth-order valence-electron chi connectivity index (χ4n) is 3.06. The summed E-state index contributed by atoms with van der Waals surface area (Å²) in [7, 11) is -3.36. The molecule has 23 heavy (non-hydrogen) atoms. The first-order valence-corrected chi connectivity index (χ1v) is 9.99. The third-order valence-corrected chi connectivity index (χ3v) is 5.94. The van der Waals surface area contributed by atoms with Crippen molar-refractivity contribution in [2.24, 2.45) is 5.73 Å². The lowest BCUT2D eigenvalue weighted by atomic mass is 9.99. The van der Waals surface area contributed by atoms with E-state index in [2.05, 4.69) is 0 Å². The SMILES string of the molecule is C[C@H]1C[C@@H](N)CCN1C(=O)CS(=O)(=O)CCCc1ccccc1. The van der Waals surface area contributed by atoms with Crippen molar-refractivity contribution in [3.63, 3.8) is 0 Å². The zero-order chi connectivity index (χ0) is 16.9. The monoisotopic (exact) mass is 338 g/mol. The Bertz CT molecular complexity index is 616. The minimum Gasteiger partial charge on any atom is -0.339 e. The average molecular weight is 338 g/mol. The number of nitrogens with zero attached hydrogens (tertiary/aromatic N) is 1. The predicted octanol–water partition coefficient (Wildman–Crippen LogP) is 1.37. The average Bonchev–Trinajstić information content (AvgIpc) is 2.47. The molecule has 1 aliphatic heterocycles. The van der Waals surface area contributed by atoms with Crippen molar-refractivity contribution in [2.45, 2.75) is 44.7 Å². The number of piperidine rings is 1. The lowest BCUT2D eigenvalue weighted by Gasteiger charge is -2.36. The van der Waals surface area contributed by atoms with Crippen LogP contribution in [0.5, 0.6) is 0 Å². The molecule has 1 fully saturated rings. The van der Waals surface area contributed by atoms with Crippen LogP contribution in [-0.4, -0.2) is 49.4 Å². The number of sulfone groups is 1. The van der Waals surface area contributed by atoms with Crippen LogP contribution in [-0.2, 0) is 21.1 Å². The Morgan fingerprint density at radius 1 is 1.30 bits per heavy atom. The molecule has 128 valence electrons. The Labute approximate surface area is 138 Å². The van der Waals surface area contributed by atoms with E-state index in [4.69, 9.17) is 5.73 Å². The van der Waals surface area contributed by atoms with Crippen LogP contribution in [0.4, 0.5) is 0 Å². The minimum absolute atomic E-state index is 0.0192. The summed E-state index contributed by atoms with van der Waals surface area (Å²) < 4.78 is 24.3. The van der Waals surface area contributed by atoms with E-state index in [0.29, 0.717) is 19.4 Å². The summed E-state index contributed by atoms with van der Waals surface area (Å²) in [4.78, 5) is 13.9. The number of amides is 1. The first-order chi connectivity index (χ1) is 10.9. The lowest BCUT2D eigenvalue weighted by Crippen LogP contribution is -2.50. The number of aryl methyl sites for hydroxylation is 1. The highest BCUT2D eigenvalue weighted by molar-refractivity contribution is 7.92. The van der Waals surface area contributed by atoms with Gasteiger partial charge in [-0.05, 0) is 38.2 Å². The molecular weight excluding hydrogens is 312 g/mol. The van der Waals surface area contributed by atoms with E-state index in [1.165, 1.54) is 0 Å². The van der Waals surface area contributed by atoms with Crippen molar-refractivity contribution in [3.05, 3.63) is 35.9 Å². The van der Waals surface area contributed by atoms with Gasteiger partial charge in [0, 0.05) is 18.6 Å². The molecule has 0 bridgehead atoms. The van der Waals surface area contributed by atoms with Crippen molar-refractivity contribution in [1.82, 2.24) is 4.90 Å². The summed E-state index contributed by atoms with van der Waals surface area (Å²) in [5.41, 5.74) is 7.00. The van der Waals surface area contributed by atoms with E-state index >= 15 is 0 Å². The quantitative estimate of drug-likeness (QED) is 0.849. The molecule has 1 saturated heterocycles. The van der Waals surface area contributed by atoms with Gasteiger partial charge in [0.2, 0.25) is 5.91 Å². The maximum Gasteiger partial charge on any atom is 0.238 e. The first-order valence-electron chi connectivity index (χ1n) is 8.17. The zero-order valence-corrected chi connectivity index (χ0v) is 14.5. The first kappa shape index (κ1) is 17.9. The van der Waals surface area contributed by atoms with Gasteiger partial charge in [0.25, 0.3) is 0 Å². The number of hydrogen-bond donors (Lipinski definition) is 1. The summed E-state index contributed by atoms with van der Waals surface area (Å²) in [6.07, 6.45) is 2.73. The second-order valence-corrected chi connectivity index (χ2v) is 8.59. The van der Waals surface area contributed by atoms with Gasteiger partial charge in [0.1, 0.15) is 5.75 Å². The summed E-state index contributed by atoms with van der Waals surface area (Å²) in [6, 6.07) is 9.91. The molecule has 2 rings (SSSR count). The Hall–Kier alpha value is -1.40. The molecule has 5 nitrogen and oxygen atoms in total. The van der Waals surface area contributed by atoms with E-state index in [1.807, 2.05) is 37.3 Å². The number of hydrogen-bond acceptors (Lipinski definition) is 4. The van der Waals surface area contributed by atoms with E-state index in [0.717, 1.165) is 18.4 Å². The van der Waals surface area contributed by atoms with Gasteiger partial charge in [-0.15, -0.1) is 0 Å². The molecule has 1 heterocycles. The molecule has 0 radical (unpaired) electrons. The standard InChI is InChI=1S/C17H26N2O3S/c1-14-12-16(18)9-10-19(14)17(20)13-23(21,22)11-5-8-15-6-3-2-4-7-15/h2-4,6-7,14,16H,5,8-13,18H2,1H3/t14-,16-/m0/s1. The maximum atomic E-state index is 12.3. The normalized spacial score (nSPS) is 22.1. The van der Waals surface area contributed by atoms with Gasteiger partial charge in [-0.1, -0.05) is 30.3 Å². The van der Waals surface area contributed by atoms with Gasteiger partial charge in [-0.2, -0.15) is 0 Å². The number of carbonyl (C=O) groups is 1. The van der Waals surface area contributed by atoms with Crippen LogP contribution in [0.2, 0.25) is 0 Å². The van der Waals surface area contributed by atoms with E-state index in [-0.39, 0.29) is 29.5 Å². The lowest BCUT2D eigenvalue weighted by molar-refractivity contribution is -0.131. The third kappa shape index (κ3) is 5.62. The summed E-state index contributed by atoms with van der Waals surface area (Å²) in [6.45, 7) is 2.49. The highest BCUT2D eigenvalue weighted by Crippen LogP contribution is 2.16. The number of nitrogens with two attached hydrogens (primary N) is 1. The molecule has 6 heteroatoms. The minimum atomic E-state index is -3.36. The van der Waals surface area contributed by atoms with Gasteiger partial charge in [-0.25, -0.2) is 8.42 Å². The van der Waals surface area contributed by atoms with Crippen LogP contribution in [0.15, 0.2) is 30.3 Å². The Balaban J connectivity index is 1.82. The molecular formula is C17H26N2O3S. The van der Waals surface area contributed by atoms with E-state index < -0.39 is 9.84 Å². The van der Waals surface area contributed by atoms with Crippen molar-refractivity contribution < 1.29 is 13.2 Å². The summed E-state index contributed by atoms with van der Waals surface area (Å²) in [5, 5.41) is 0. The van der Waals surface area contributed by atoms with Crippen LogP contribution in [0.25, 0.3) is 0 Å². The molecule has 2 atom stereocenters. The fourth-order valence-corrected chi connectivity index (χ4v) is 4.33. The van der Waals surface area contributed by atoms with Gasteiger partial charge in [0.15, 0.2) is 9.84 Å². The van der Waals surface area contributed by atoms with Crippen molar-refractivity contribution in [2.75, 3.05) is 18.1 Å². The molecule has 1 aromatic rings. The van der Waals surface area contributed by atoms with Gasteiger partial charge < -0.3 is 10.6 Å². The number of carbonyl (C=O) groups excluding carboxylic acids is 1. The van der Waals surface area contributed by atoms with Gasteiger partial charge >= 0.3 is 0 Å². The maximum absolute atomic E-state index is 12.3. The van der Waals surface area contributed by atoms with Crippen molar-refractivity contribution in [3.8, 4) is 0 Å². The molecule has 0 aromatic heterocycles. The van der Waals surface area contributed by atoms with Crippen LogP contribution in [0, 0.1) is 0 Å². The molecule has 0 unspecified atom stereocenters. The molecule has 1 amide bonds. The van der Waals surface area contributed by atoms with Gasteiger partial charge in [-0.3, -0.25) is 4.79 Å². The molecule has 1 aromatic carbocycles. The summed E-state index contributed by atoms with van der Waals surface area (Å²) >= 11 is 0. The molecule has 0 spiro atoms. The van der Waals surface area contributed by atoms with Crippen LogP contribution < -0.4 is 5.73 Å². The third-order valence-electron chi connectivity index (χ3n) is 4.34. The fraction of sp³-hybridized carbons (Fsp3) is 0.588. The van der Waals surface area contributed by atoms with E-state index in [1.54, 1.807) is 4.90 Å². The molecule has 0 saturated carbocycles. The molecule has 1 aliphatic rings. The topological polar surface area (TPSA) is 80.5 Å². The largest absolute Gasteiger partial charge is 0.339 e. The number of likely N-dealkylation sites (tertiary alicyclic amines) is 1. The van der Waals surface area contributed by atoms with E-state index in [9.17, 15) is 13.2 Å². The van der Waals surface area contributed by atoms with Crippen LogP contribution >= 0.6 is 0 Å². The van der Waals surface area contributed by atoms with Crippen molar-refractivity contribution in [1.29, 1.82) is 0 Å². The summed E-state index contributed by atoms with van der Waals surface area (Å²) in [5.74, 6) is -0.624. The Morgan fingerprint density at radius 2 is 2.00 bits per heavy atom. The second-order valence-electron chi connectivity index (χ2n) is 6.40. The highest BCUT2D eigenvalue weighted by Gasteiger charge is 2.29. The highest BCUT2D eigenvalue weighted by atomic mass is 32.2.